The molecule has 2 rings (SSSR count). The van der Waals surface area contributed by atoms with Gasteiger partial charge in [-0.05, 0) is 26.0 Å². The molecule has 2 N–H and O–H groups in total. The molecule has 1 fully saturated rings. The van der Waals surface area contributed by atoms with Crippen molar-refractivity contribution in [3.8, 4) is 0 Å². The Morgan fingerprint density at radius 2 is 2.00 bits per heavy atom. The summed E-state index contributed by atoms with van der Waals surface area (Å²) in [7, 11) is 3.88. The van der Waals surface area contributed by atoms with Gasteiger partial charge in [0.2, 0.25) is 5.91 Å². The average Bonchev–Trinajstić information content (AvgIpc) is 2.48. The largest absolute Gasteiger partial charge is 0.363 e. The first-order valence-electron chi connectivity index (χ1n) is 7.32. The lowest BCUT2D eigenvalue weighted by Crippen LogP contribution is -2.58. The molecule has 0 aromatic carbocycles. The molecule has 0 saturated carbocycles. The van der Waals surface area contributed by atoms with E-state index in [0.29, 0.717) is 0 Å². The van der Waals surface area contributed by atoms with Crippen LogP contribution in [0.4, 0.5) is 11.5 Å². The topological polar surface area (TPSA) is 60.5 Å². The van der Waals surface area contributed by atoms with Crippen molar-refractivity contribution >= 4 is 17.4 Å². The molecule has 6 heteroatoms. The highest BCUT2D eigenvalue weighted by Crippen LogP contribution is 2.19. The number of carbonyl (C=O) groups is 1. The van der Waals surface area contributed by atoms with E-state index in [9.17, 15) is 4.79 Å². The van der Waals surface area contributed by atoms with Crippen molar-refractivity contribution < 1.29 is 4.79 Å². The monoisotopic (exact) mass is 291 g/mol. The second kappa shape index (κ2) is 6.41. The molecule has 2 heterocycles. The first-order valence-corrected chi connectivity index (χ1v) is 7.32. The zero-order valence-corrected chi connectivity index (χ0v) is 13.3. The van der Waals surface area contributed by atoms with Gasteiger partial charge in [0.05, 0.1) is 17.4 Å². The van der Waals surface area contributed by atoms with Gasteiger partial charge in [-0.1, -0.05) is 0 Å². The molecular weight excluding hydrogens is 266 g/mol. The maximum atomic E-state index is 12.5. The minimum absolute atomic E-state index is 0.00352. The lowest BCUT2D eigenvalue weighted by Gasteiger charge is -2.39. The molecule has 0 spiro atoms. The van der Waals surface area contributed by atoms with E-state index < -0.39 is 5.54 Å². The third kappa shape index (κ3) is 3.71. The first kappa shape index (κ1) is 15.7. The molecule has 1 aliphatic rings. The lowest BCUT2D eigenvalue weighted by molar-refractivity contribution is -0.126. The fourth-order valence-electron chi connectivity index (χ4n) is 2.38. The van der Waals surface area contributed by atoms with Crippen LogP contribution >= 0.6 is 0 Å². The van der Waals surface area contributed by atoms with Gasteiger partial charge in [0.1, 0.15) is 5.82 Å². The van der Waals surface area contributed by atoms with Crippen LogP contribution < -0.4 is 15.5 Å². The number of piperazine rings is 1. The van der Waals surface area contributed by atoms with Crippen molar-refractivity contribution in [3.63, 3.8) is 0 Å². The second-order valence-corrected chi connectivity index (χ2v) is 6.05. The van der Waals surface area contributed by atoms with Gasteiger partial charge in [0.25, 0.3) is 0 Å². The molecule has 6 nitrogen and oxygen atoms in total. The number of nitrogens with one attached hydrogen (secondary N) is 2. The molecule has 0 bridgehead atoms. The quantitative estimate of drug-likeness (QED) is 0.858. The average molecular weight is 291 g/mol. The van der Waals surface area contributed by atoms with Crippen LogP contribution in [-0.4, -0.2) is 61.6 Å². The number of amides is 1. The fourth-order valence-corrected chi connectivity index (χ4v) is 2.38. The number of rotatable bonds is 4. The lowest BCUT2D eigenvalue weighted by atomic mass is 10.0. The zero-order valence-electron chi connectivity index (χ0n) is 13.3. The Kier molecular flexibility index (Phi) is 4.80. The summed E-state index contributed by atoms with van der Waals surface area (Å²) < 4.78 is 0. The molecule has 0 unspecified atom stereocenters. The Morgan fingerprint density at radius 1 is 1.33 bits per heavy atom. The summed E-state index contributed by atoms with van der Waals surface area (Å²) in [4.78, 5) is 21.0. The summed E-state index contributed by atoms with van der Waals surface area (Å²) in [6.07, 6.45) is 1.70. The van der Waals surface area contributed by atoms with Crippen molar-refractivity contribution in [2.45, 2.75) is 19.4 Å². The molecule has 0 atom stereocenters. The summed E-state index contributed by atoms with van der Waals surface area (Å²) in [5.41, 5.74) is 0.205. The molecule has 1 aromatic heterocycles. The van der Waals surface area contributed by atoms with Gasteiger partial charge in [-0.15, -0.1) is 0 Å². The van der Waals surface area contributed by atoms with Crippen molar-refractivity contribution in [1.82, 2.24) is 15.2 Å². The van der Waals surface area contributed by atoms with Crippen molar-refractivity contribution in [2.75, 3.05) is 50.5 Å². The number of pyridine rings is 1. The Labute approximate surface area is 126 Å². The van der Waals surface area contributed by atoms with Crippen molar-refractivity contribution in [2.24, 2.45) is 0 Å². The molecule has 21 heavy (non-hydrogen) atoms. The number of aromatic nitrogens is 1. The summed E-state index contributed by atoms with van der Waals surface area (Å²) in [5, 5.41) is 6.27. The molecule has 1 aromatic rings. The van der Waals surface area contributed by atoms with Crippen molar-refractivity contribution in [3.05, 3.63) is 18.3 Å². The predicted molar refractivity (Wildman–Crippen MR) is 85.7 cm³/mol. The van der Waals surface area contributed by atoms with E-state index in [1.807, 2.05) is 45.0 Å². The van der Waals surface area contributed by atoms with Gasteiger partial charge in [-0.2, -0.15) is 0 Å². The molecule has 1 aliphatic heterocycles. The van der Waals surface area contributed by atoms with E-state index in [4.69, 9.17) is 0 Å². The Balaban J connectivity index is 2.02. The summed E-state index contributed by atoms with van der Waals surface area (Å²) >= 11 is 0. The Hall–Kier alpha value is -1.66. The molecule has 1 amide bonds. The number of anilines is 2. The summed E-state index contributed by atoms with van der Waals surface area (Å²) in [5.74, 6) is 0.873. The molecule has 0 radical (unpaired) electrons. The second-order valence-electron chi connectivity index (χ2n) is 6.05. The van der Waals surface area contributed by atoms with Crippen LogP contribution in [-0.2, 0) is 4.79 Å². The highest BCUT2D eigenvalue weighted by molar-refractivity contribution is 5.97. The van der Waals surface area contributed by atoms with E-state index in [0.717, 1.165) is 37.7 Å². The Morgan fingerprint density at radius 3 is 2.52 bits per heavy atom. The highest BCUT2D eigenvalue weighted by atomic mass is 16.2. The van der Waals surface area contributed by atoms with Gasteiger partial charge in [0, 0.05) is 40.3 Å². The van der Waals surface area contributed by atoms with Gasteiger partial charge in [0.15, 0.2) is 0 Å². The van der Waals surface area contributed by atoms with Crippen LogP contribution in [0, 0.1) is 0 Å². The smallest absolute Gasteiger partial charge is 0.244 e. The van der Waals surface area contributed by atoms with Gasteiger partial charge in [-0.3, -0.25) is 9.69 Å². The van der Waals surface area contributed by atoms with Crippen LogP contribution in [0.1, 0.15) is 13.8 Å². The summed E-state index contributed by atoms with van der Waals surface area (Å²) in [6, 6.07) is 3.78. The number of carbonyl (C=O) groups excluding carboxylic acids is 1. The SMILES string of the molecule is CN(C)c1ccc(NC(=O)C(C)(C)N2CCNCC2)cn1. The van der Waals surface area contributed by atoms with Crippen molar-refractivity contribution in [1.29, 1.82) is 0 Å². The highest BCUT2D eigenvalue weighted by Gasteiger charge is 2.35. The first-order chi connectivity index (χ1) is 9.91. The zero-order chi connectivity index (χ0) is 15.5. The third-order valence-corrected chi connectivity index (χ3v) is 3.93. The normalized spacial score (nSPS) is 16.6. The van der Waals surface area contributed by atoms with E-state index in [1.165, 1.54) is 0 Å². The molecule has 1 saturated heterocycles. The van der Waals surface area contributed by atoms with Gasteiger partial charge >= 0.3 is 0 Å². The number of hydrogen-bond acceptors (Lipinski definition) is 5. The maximum Gasteiger partial charge on any atom is 0.244 e. The van der Waals surface area contributed by atoms with Crippen LogP contribution in [0.3, 0.4) is 0 Å². The minimum atomic E-state index is -0.525. The van der Waals surface area contributed by atoms with Gasteiger partial charge < -0.3 is 15.5 Å². The summed E-state index contributed by atoms with van der Waals surface area (Å²) in [6.45, 7) is 7.56. The Bertz CT molecular complexity index is 477. The van der Waals surface area contributed by atoms with E-state index in [2.05, 4.69) is 20.5 Å². The standard InChI is InChI=1S/C15H25N5O/c1-15(2,20-9-7-16-8-10-20)14(21)18-12-5-6-13(17-11-12)19(3)4/h5-6,11,16H,7-10H2,1-4H3,(H,18,21). The molecular formula is C15H25N5O. The maximum absolute atomic E-state index is 12.5. The third-order valence-electron chi connectivity index (χ3n) is 3.93. The van der Waals surface area contributed by atoms with E-state index >= 15 is 0 Å². The van der Waals surface area contributed by atoms with Gasteiger partial charge in [-0.25, -0.2) is 4.98 Å². The van der Waals surface area contributed by atoms with E-state index in [-0.39, 0.29) is 5.91 Å². The number of nitrogens with zero attached hydrogens (tertiary/aromatic N) is 3. The predicted octanol–water partition coefficient (Wildman–Crippen LogP) is 0.770. The number of hydrogen-bond donors (Lipinski definition) is 2. The molecule has 0 aliphatic carbocycles. The van der Waals surface area contributed by atoms with Crippen LogP contribution in [0.15, 0.2) is 18.3 Å². The van der Waals surface area contributed by atoms with Crippen LogP contribution in [0.25, 0.3) is 0 Å². The fraction of sp³-hybridized carbons (Fsp3) is 0.600. The molecule has 116 valence electrons. The van der Waals surface area contributed by atoms with Crippen LogP contribution in [0.5, 0.6) is 0 Å². The minimum Gasteiger partial charge on any atom is -0.363 e. The van der Waals surface area contributed by atoms with E-state index in [1.54, 1.807) is 6.20 Å². The van der Waals surface area contributed by atoms with Crippen LogP contribution in [0.2, 0.25) is 0 Å².